The van der Waals surface area contributed by atoms with E-state index in [0.29, 0.717) is 0 Å². The van der Waals surface area contributed by atoms with Crippen LogP contribution >= 0.6 is 12.4 Å². The van der Waals surface area contributed by atoms with Crippen molar-refractivity contribution in [2.45, 2.75) is 99.8 Å². The van der Waals surface area contributed by atoms with Crippen LogP contribution in [0.5, 0.6) is 0 Å². The van der Waals surface area contributed by atoms with Crippen LogP contribution in [-0.2, 0) is 0 Å². The zero-order chi connectivity index (χ0) is 12.6. The minimum atomic E-state index is 0. The molecule has 0 N–H and O–H groups in total. The summed E-state index contributed by atoms with van der Waals surface area (Å²) in [7, 11) is 0. The van der Waals surface area contributed by atoms with E-state index in [4.69, 9.17) is 0 Å². The van der Waals surface area contributed by atoms with E-state index >= 15 is 0 Å². The first-order valence-electron chi connectivity index (χ1n) is 8.12. The van der Waals surface area contributed by atoms with Crippen molar-refractivity contribution in [2.24, 2.45) is 0 Å². The van der Waals surface area contributed by atoms with Gasteiger partial charge in [0.25, 0.3) is 0 Å². The predicted octanol–water partition coefficient (Wildman–Crippen LogP) is 6.67. The summed E-state index contributed by atoms with van der Waals surface area (Å²) >= 11 is 0.0736. The van der Waals surface area contributed by atoms with Crippen LogP contribution < -0.4 is 0 Å². The van der Waals surface area contributed by atoms with Crippen molar-refractivity contribution < 1.29 is 0 Å². The summed E-state index contributed by atoms with van der Waals surface area (Å²) in [6.07, 6.45) is 17.8. The molecule has 0 fully saturated rings. The van der Waals surface area contributed by atoms with Crippen molar-refractivity contribution in [3.63, 3.8) is 0 Å². The van der Waals surface area contributed by atoms with Gasteiger partial charge in [-0.1, -0.05) is 0 Å². The van der Waals surface area contributed by atoms with E-state index in [1.165, 1.54) is 64.2 Å². The van der Waals surface area contributed by atoms with E-state index in [9.17, 15) is 0 Å². The zero-order valence-electron chi connectivity index (χ0n) is 12.8. The Bertz CT molecular complexity index is 114. The summed E-state index contributed by atoms with van der Waals surface area (Å²) < 4.78 is 3.31. The van der Waals surface area contributed by atoms with Gasteiger partial charge in [-0.3, -0.25) is 0 Å². The van der Waals surface area contributed by atoms with Crippen LogP contribution in [0.3, 0.4) is 0 Å². The Labute approximate surface area is 133 Å². The maximum atomic E-state index is 2.30. The normalized spacial score (nSPS) is 10.3. The van der Waals surface area contributed by atoms with Crippen molar-refractivity contribution in [3.05, 3.63) is 0 Å². The molecule has 0 heterocycles. The molecule has 2 radical (unpaired) electrons. The molecule has 0 aromatic rings. The Morgan fingerprint density at radius 1 is 0.500 bits per heavy atom. The number of hydrogen-bond acceptors (Lipinski definition) is 0. The van der Waals surface area contributed by atoms with Crippen LogP contribution in [-0.4, -0.2) is 21.1 Å². The largest absolute Gasteiger partial charge is 0.147 e. The average molecular weight is 382 g/mol. The average Bonchev–Trinajstić information content (AvgIpc) is 2.35. The van der Waals surface area contributed by atoms with E-state index in [2.05, 4.69) is 13.8 Å². The Morgan fingerprint density at radius 3 is 1.22 bits per heavy atom. The minimum Gasteiger partial charge on any atom is -0.147 e. The smallest absolute Gasteiger partial charge is 0.147 e. The second kappa shape index (κ2) is 20.4. The Hall–Kier alpha value is 1.09. The molecule has 0 nitrogen and oxygen atoms in total. The van der Waals surface area contributed by atoms with Gasteiger partial charge in [-0.05, 0) is 0 Å². The fourth-order valence-electron chi connectivity index (χ4n) is 2.19. The molecule has 0 aliphatic rings. The molecular formula is C16H35ClSn. The van der Waals surface area contributed by atoms with Gasteiger partial charge < -0.3 is 0 Å². The van der Waals surface area contributed by atoms with Gasteiger partial charge >= 0.3 is 121 Å². The molecule has 0 rings (SSSR count). The van der Waals surface area contributed by atoms with Crippen LogP contribution in [0.1, 0.15) is 90.9 Å². The maximum Gasteiger partial charge on any atom is -0.147 e. The van der Waals surface area contributed by atoms with Crippen LogP contribution in [0, 0.1) is 0 Å². The first kappa shape index (κ1) is 21.4. The van der Waals surface area contributed by atoms with Gasteiger partial charge in [0.05, 0.1) is 0 Å². The SMILES string of the molecule is CCCCCCC[CH2][Sn][CH2]CCCCCCC.Cl. The first-order valence-corrected chi connectivity index (χ1v) is 12.2. The number of halogens is 1. The van der Waals surface area contributed by atoms with Crippen molar-refractivity contribution in [3.8, 4) is 0 Å². The van der Waals surface area contributed by atoms with Gasteiger partial charge in [0.2, 0.25) is 0 Å². The molecular weight excluding hydrogens is 346 g/mol. The third-order valence-electron chi connectivity index (χ3n) is 3.41. The van der Waals surface area contributed by atoms with E-state index in [0.717, 1.165) is 0 Å². The summed E-state index contributed by atoms with van der Waals surface area (Å²) in [5.41, 5.74) is 0. The first-order chi connectivity index (χ1) is 8.41. The number of rotatable bonds is 14. The fraction of sp³-hybridized carbons (Fsp3) is 1.00. The van der Waals surface area contributed by atoms with Crippen molar-refractivity contribution >= 4 is 33.5 Å². The quantitative estimate of drug-likeness (QED) is 0.233. The van der Waals surface area contributed by atoms with Gasteiger partial charge in [-0.2, -0.15) is 0 Å². The molecule has 0 saturated carbocycles. The van der Waals surface area contributed by atoms with Gasteiger partial charge in [0.1, 0.15) is 0 Å². The molecule has 0 aromatic heterocycles. The summed E-state index contributed by atoms with van der Waals surface area (Å²) in [6, 6.07) is 0. The third-order valence-corrected chi connectivity index (χ3v) is 7.45. The standard InChI is InChI=1S/2C8H17.ClH.Sn/c2*1-3-5-7-8-6-4-2;;/h2*1,3-8H2,2H3;1H;. The zero-order valence-corrected chi connectivity index (χ0v) is 16.5. The van der Waals surface area contributed by atoms with E-state index < -0.39 is 0 Å². The van der Waals surface area contributed by atoms with Crippen molar-refractivity contribution in [1.82, 2.24) is 0 Å². The molecule has 0 aliphatic carbocycles. The molecule has 0 saturated heterocycles. The van der Waals surface area contributed by atoms with Crippen LogP contribution in [0.4, 0.5) is 0 Å². The predicted molar refractivity (Wildman–Crippen MR) is 89.4 cm³/mol. The van der Waals surface area contributed by atoms with Gasteiger partial charge in [0, 0.05) is 0 Å². The number of unbranched alkanes of at least 4 members (excludes halogenated alkanes) is 10. The van der Waals surface area contributed by atoms with Crippen LogP contribution in [0.2, 0.25) is 8.87 Å². The second-order valence-corrected chi connectivity index (χ2v) is 9.57. The van der Waals surface area contributed by atoms with Crippen molar-refractivity contribution in [2.75, 3.05) is 0 Å². The van der Waals surface area contributed by atoms with Crippen molar-refractivity contribution in [1.29, 1.82) is 0 Å². The molecule has 110 valence electrons. The molecule has 0 aromatic carbocycles. The molecule has 2 heteroatoms. The summed E-state index contributed by atoms with van der Waals surface area (Å²) in [6.45, 7) is 4.60. The maximum absolute atomic E-state index is 2.30. The second-order valence-electron chi connectivity index (χ2n) is 5.29. The number of hydrogen-bond donors (Lipinski definition) is 0. The topological polar surface area (TPSA) is 0 Å². The molecule has 0 amide bonds. The summed E-state index contributed by atoms with van der Waals surface area (Å²) in [5, 5.41) is 0. The Morgan fingerprint density at radius 2 is 0.833 bits per heavy atom. The summed E-state index contributed by atoms with van der Waals surface area (Å²) in [5.74, 6) is 0. The molecule has 18 heavy (non-hydrogen) atoms. The third kappa shape index (κ3) is 19.4. The van der Waals surface area contributed by atoms with Gasteiger partial charge in [-0.25, -0.2) is 0 Å². The van der Waals surface area contributed by atoms with E-state index in [1.54, 1.807) is 21.7 Å². The molecule has 0 spiro atoms. The van der Waals surface area contributed by atoms with E-state index in [1.807, 2.05) is 0 Å². The molecule has 0 atom stereocenters. The monoisotopic (exact) mass is 382 g/mol. The Kier molecular flexibility index (Phi) is 24.2. The van der Waals surface area contributed by atoms with Crippen LogP contribution in [0.25, 0.3) is 0 Å². The van der Waals surface area contributed by atoms with Gasteiger partial charge in [0.15, 0.2) is 0 Å². The van der Waals surface area contributed by atoms with Crippen LogP contribution in [0.15, 0.2) is 0 Å². The molecule has 0 unspecified atom stereocenters. The minimum absolute atomic E-state index is 0. The van der Waals surface area contributed by atoms with Gasteiger partial charge in [-0.15, -0.1) is 12.4 Å². The summed E-state index contributed by atoms with van der Waals surface area (Å²) in [4.78, 5) is 0. The molecule has 0 bridgehead atoms. The Balaban J connectivity index is 0. The molecule has 0 aliphatic heterocycles. The fourth-order valence-corrected chi connectivity index (χ4v) is 5.75. The van der Waals surface area contributed by atoms with E-state index in [-0.39, 0.29) is 33.5 Å².